The molecule has 0 atom stereocenters. The van der Waals surface area contributed by atoms with Gasteiger partial charge in [-0.15, -0.1) is 11.8 Å². The zero-order valence-corrected chi connectivity index (χ0v) is 16.7. The molecule has 136 valence electrons. The first-order valence-electron chi connectivity index (χ1n) is 9.20. The Balaban J connectivity index is 1.62. The Bertz CT molecular complexity index is 1060. The Labute approximate surface area is 164 Å². The molecule has 2 nitrogen and oxygen atoms in total. The first-order chi connectivity index (χ1) is 12.9. The minimum Gasteiger partial charge on any atom is -0.279 e. The van der Waals surface area contributed by atoms with Crippen molar-refractivity contribution in [2.75, 3.05) is 5.75 Å². The Kier molecular flexibility index (Phi) is 4.56. The molecule has 0 unspecified atom stereocenters. The summed E-state index contributed by atoms with van der Waals surface area (Å²) < 4.78 is 1.86. The van der Waals surface area contributed by atoms with E-state index >= 15 is 0 Å². The maximum Gasteiger partial charge on any atom is 0.241 e. The molecule has 0 saturated carbocycles. The van der Waals surface area contributed by atoms with Gasteiger partial charge in [-0.1, -0.05) is 69.3 Å². The topological polar surface area (TPSA) is 22.0 Å². The molecule has 27 heavy (non-hydrogen) atoms. The first-order valence-corrected chi connectivity index (χ1v) is 10.2. The molecule has 4 rings (SSSR count). The molecule has 0 aliphatic heterocycles. The van der Waals surface area contributed by atoms with E-state index in [1.54, 1.807) is 11.8 Å². The molecule has 1 aromatic heterocycles. The summed E-state index contributed by atoms with van der Waals surface area (Å²) in [6.45, 7) is 6.63. The quantitative estimate of drug-likeness (QED) is 0.381. The summed E-state index contributed by atoms with van der Waals surface area (Å²) in [6, 6.07) is 24.8. The Morgan fingerprint density at radius 1 is 0.815 bits per heavy atom. The van der Waals surface area contributed by atoms with Gasteiger partial charge in [0.25, 0.3) is 0 Å². The predicted octanol–water partition coefficient (Wildman–Crippen LogP) is 6.52. The molecule has 0 saturated heterocycles. The second-order valence-electron chi connectivity index (χ2n) is 7.83. The van der Waals surface area contributed by atoms with Crippen LogP contribution >= 0.6 is 11.8 Å². The molecule has 0 N–H and O–H groups in total. The molecule has 0 fully saturated rings. The van der Waals surface area contributed by atoms with Gasteiger partial charge in [-0.2, -0.15) is 0 Å². The van der Waals surface area contributed by atoms with Gasteiger partial charge in [0.15, 0.2) is 0 Å². The van der Waals surface area contributed by atoms with E-state index in [1.807, 2.05) is 41.0 Å². The van der Waals surface area contributed by atoms with E-state index in [9.17, 15) is 4.79 Å². The Hall–Kier alpha value is -2.52. The number of carbonyl (C=O) groups excluding carboxylic acids is 1. The van der Waals surface area contributed by atoms with Crippen LogP contribution in [0.3, 0.4) is 0 Å². The summed E-state index contributed by atoms with van der Waals surface area (Å²) in [4.78, 5) is 14.2. The van der Waals surface area contributed by atoms with Gasteiger partial charge in [-0.25, -0.2) is 0 Å². The number of nitrogens with zero attached hydrogens (tertiary/aromatic N) is 1. The van der Waals surface area contributed by atoms with Crippen molar-refractivity contribution in [3.05, 3.63) is 78.4 Å². The molecule has 3 aromatic carbocycles. The summed E-state index contributed by atoms with van der Waals surface area (Å²) in [7, 11) is 0. The second kappa shape index (κ2) is 6.90. The molecule has 0 aliphatic rings. The van der Waals surface area contributed by atoms with Crippen LogP contribution in [0.25, 0.3) is 21.8 Å². The summed E-state index contributed by atoms with van der Waals surface area (Å²) >= 11 is 1.59. The highest BCUT2D eigenvalue weighted by molar-refractivity contribution is 8.00. The minimum absolute atomic E-state index is 0.109. The summed E-state index contributed by atoms with van der Waals surface area (Å²) in [5.74, 6) is 0.523. The van der Waals surface area contributed by atoms with Crippen molar-refractivity contribution in [2.45, 2.75) is 31.1 Å². The van der Waals surface area contributed by atoms with Crippen molar-refractivity contribution in [2.24, 2.45) is 0 Å². The van der Waals surface area contributed by atoms with Crippen molar-refractivity contribution >= 4 is 39.5 Å². The first kappa shape index (κ1) is 17.9. The maximum atomic E-state index is 13.1. The highest BCUT2D eigenvalue weighted by atomic mass is 32.2. The Morgan fingerprint density at radius 3 is 1.85 bits per heavy atom. The standard InChI is InChI=1S/C24H23NOS/c1-24(2,3)17-12-14-18(15-13-17)27-16-23(26)25-21-10-6-4-8-19(21)20-9-5-7-11-22(20)25/h4-15H,16H2,1-3H3. The molecule has 1 heterocycles. The molecular weight excluding hydrogens is 350 g/mol. The highest BCUT2D eigenvalue weighted by Gasteiger charge is 2.16. The van der Waals surface area contributed by atoms with Gasteiger partial charge in [-0.05, 0) is 35.2 Å². The van der Waals surface area contributed by atoms with Crippen molar-refractivity contribution in [3.63, 3.8) is 0 Å². The average Bonchev–Trinajstić information content (AvgIpc) is 3.00. The van der Waals surface area contributed by atoms with Crippen LogP contribution < -0.4 is 0 Å². The number of carbonyl (C=O) groups is 1. The van der Waals surface area contributed by atoms with Gasteiger partial charge >= 0.3 is 0 Å². The third-order valence-corrected chi connectivity index (χ3v) is 5.91. The third-order valence-electron chi connectivity index (χ3n) is 4.91. The van der Waals surface area contributed by atoms with E-state index in [2.05, 4.69) is 57.2 Å². The minimum atomic E-state index is 0.109. The van der Waals surface area contributed by atoms with Crippen LogP contribution in [0.1, 0.15) is 31.1 Å². The number of rotatable bonds is 3. The van der Waals surface area contributed by atoms with Gasteiger partial charge in [0.1, 0.15) is 0 Å². The number of para-hydroxylation sites is 2. The molecular formula is C24H23NOS. The predicted molar refractivity (Wildman–Crippen MR) is 116 cm³/mol. The van der Waals surface area contributed by atoms with Gasteiger partial charge in [0.2, 0.25) is 5.91 Å². The van der Waals surface area contributed by atoms with Gasteiger partial charge in [-0.3, -0.25) is 9.36 Å². The lowest BCUT2D eigenvalue weighted by Crippen LogP contribution is -2.13. The SMILES string of the molecule is CC(C)(C)c1ccc(SCC(=O)n2c3ccccc3c3ccccc32)cc1. The van der Waals surface area contributed by atoms with Crippen LogP contribution in [-0.2, 0) is 5.41 Å². The number of hydrogen-bond acceptors (Lipinski definition) is 2. The van der Waals surface area contributed by atoms with Crippen molar-refractivity contribution in [1.82, 2.24) is 4.57 Å². The smallest absolute Gasteiger partial charge is 0.241 e. The van der Waals surface area contributed by atoms with Crippen molar-refractivity contribution in [3.8, 4) is 0 Å². The lowest BCUT2D eigenvalue weighted by Gasteiger charge is -2.19. The number of aromatic nitrogens is 1. The van der Waals surface area contributed by atoms with Gasteiger partial charge < -0.3 is 0 Å². The maximum absolute atomic E-state index is 13.1. The van der Waals surface area contributed by atoms with E-state index in [0.717, 1.165) is 26.7 Å². The summed E-state index contributed by atoms with van der Waals surface area (Å²) in [5.41, 5.74) is 3.41. The van der Waals surface area contributed by atoms with Crippen LogP contribution in [-0.4, -0.2) is 16.2 Å². The van der Waals surface area contributed by atoms with E-state index < -0.39 is 0 Å². The lowest BCUT2D eigenvalue weighted by molar-refractivity contribution is 0.0951. The van der Waals surface area contributed by atoms with Crippen LogP contribution in [0.15, 0.2) is 77.7 Å². The van der Waals surface area contributed by atoms with Crippen LogP contribution in [0.5, 0.6) is 0 Å². The number of hydrogen-bond donors (Lipinski definition) is 0. The molecule has 0 radical (unpaired) electrons. The fourth-order valence-electron chi connectivity index (χ4n) is 3.45. The fraction of sp³-hybridized carbons (Fsp3) is 0.208. The zero-order valence-electron chi connectivity index (χ0n) is 15.9. The van der Waals surface area contributed by atoms with Crippen molar-refractivity contribution < 1.29 is 4.79 Å². The molecule has 4 aromatic rings. The largest absolute Gasteiger partial charge is 0.279 e. The summed E-state index contributed by atoms with van der Waals surface area (Å²) in [5, 5.41) is 2.25. The van der Waals surface area contributed by atoms with Crippen LogP contribution in [0.2, 0.25) is 0 Å². The lowest BCUT2D eigenvalue weighted by atomic mass is 9.87. The van der Waals surface area contributed by atoms with E-state index in [1.165, 1.54) is 5.56 Å². The van der Waals surface area contributed by atoms with Gasteiger partial charge in [0, 0.05) is 15.7 Å². The normalized spacial score (nSPS) is 12.0. The zero-order chi connectivity index (χ0) is 19.0. The van der Waals surface area contributed by atoms with Gasteiger partial charge in [0.05, 0.1) is 16.8 Å². The number of thioether (sulfide) groups is 1. The average molecular weight is 374 g/mol. The molecule has 0 aliphatic carbocycles. The van der Waals surface area contributed by atoms with Crippen LogP contribution in [0, 0.1) is 0 Å². The van der Waals surface area contributed by atoms with Crippen molar-refractivity contribution in [1.29, 1.82) is 0 Å². The number of benzene rings is 3. The van der Waals surface area contributed by atoms with E-state index in [-0.39, 0.29) is 11.3 Å². The van der Waals surface area contributed by atoms with E-state index in [0.29, 0.717) is 5.75 Å². The molecule has 3 heteroatoms. The van der Waals surface area contributed by atoms with Crippen LogP contribution in [0.4, 0.5) is 0 Å². The monoisotopic (exact) mass is 373 g/mol. The number of fused-ring (bicyclic) bond motifs is 3. The second-order valence-corrected chi connectivity index (χ2v) is 8.88. The highest BCUT2D eigenvalue weighted by Crippen LogP contribution is 2.30. The third kappa shape index (κ3) is 3.40. The summed E-state index contributed by atoms with van der Waals surface area (Å²) in [6.07, 6.45) is 0. The molecule has 0 spiro atoms. The fourth-order valence-corrected chi connectivity index (χ4v) is 4.20. The van der Waals surface area contributed by atoms with E-state index in [4.69, 9.17) is 0 Å². The molecule has 0 amide bonds. The Morgan fingerprint density at radius 2 is 1.33 bits per heavy atom. The molecule has 0 bridgehead atoms.